The lowest BCUT2D eigenvalue weighted by Gasteiger charge is -2.39. The molecule has 0 amide bonds. The summed E-state index contributed by atoms with van der Waals surface area (Å²) < 4.78 is 18.7. The summed E-state index contributed by atoms with van der Waals surface area (Å²) in [6, 6.07) is 6.38. The normalized spacial score (nSPS) is 18.6. The van der Waals surface area contributed by atoms with Gasteiger partial charge in [-0.05, 0) is 44.6 Å². The third-order valence-electron chi connectivity index (χ3n) is 3.54. The summed E-state index contributed by atoms with van der Waals surface area (Å²) in [4.78, 5) is 12.3. The second kappa shape index (κ2) is 5.97. The molecule has 1 aliphatic rings. The zero-order valence-electron chi connectivity index (χ0n) is 11.7. The van der Waals surface area contributed by atoms with Gasteiger partial charge >= 0.3 is 5.97 Å². The van der Waals surface area contributed by atoms with Gasteiger partial charge in [-0.25, -0.2) is 4.39 Å². The van der Waals surface area contributed by atoms with Gasteiger partial charge < -0.3 is 10.1 Å². The number of alkyl halides is 1. The van der Waals surface area contributed by atoms with E-state index in [9.17, 15) is 9.18 Å². The van der Waals surface area contributed by atoms with Gasteiger partial charge in [0.05, 0.1) is 0 Å². The van der Waals surface area contributed by atoms with Crippen molar-refractivity contribution in [2.45, 2.75) is 35.7 Å². The van der Waals surface area contributed by atoms with Crippen molar-refractivity contribution in [3.63, 3.8) is 0 Å². The Hall–Kier alpha value is -0.690. The first-order valence-corrected chi connectivity index (χ1v) is 7.80. The molecule has 0 spiro atoms. The van der Waals surface area contributed by atoms with E-state index in [0.29, 0.717) is 12.8 Å². The smallest absolute Gasteiger partial charge is 0.322 e. The molecule has 0 aliphatic carbocycles. The Morgan fingerprint density at radius 2 is 2.05 bits per heavy atom. The Bertz CT molecular complexity index is 493. The van der Waals surface area contributed by atoms with Crippen LogP contribution in [0, 0.1) is 5.82 Å². The lowest BCUT2D eigenvalue weighted by Crippen LogP contribution is -2.45. The predicted octanol–water partition coefficient (Wildman–Crippen LogP) is 3.16. The van der Waals surface area contributed by atoms with Gasteiger partial charge in [-0.15, -0.1) is 0 Å². The molecule has 0 atom stereocenters. The summed E-state index contributed by atoms with van der Waals surface area (Å²) >= 11 is 2.07. The van der Waals surface area contributed by atoms with Crippen molar-refractivity contribution in [1.29, 1.82) is 0 Å². The minimum atomic E-state index is -0.715. The first kappa shape index (κ1) is 15.7. The van der Waals surface area contributed by atoms with Crippen molar-refractivity contribution in [2.24, 2.45) is 0 Å². The molecule has 2 rings (SSSR count). The highest BCUT2D eigenvalue weighted by molar-refractivity contribution is 14.1. The van der Waals surface area contributed by atoms with E-state index >= 15 is 0 Å². The number of hydrogen-bond donors (Lipinski definition) is 1. The summed E-state index contributed by atoms with van der Waals surface area (Å²) in [6.07, 6.45) is 1.32. The van der Waals surface area contributed by atoms with Crippen LogP contribution in [0.5, 0.6) is 0 Å². The number of nitrogens with one attached hydrogen (secondary N) is 1. The van der Waals surface area contributed by atoms with Crippen LogP contribution < -0.4 is 5.32 Å². The number of carbonyl (C=O) groups excluding carboxylic acids is 1. The van der Waals surface area contributed by atoms with Gasteiger partial charge in [0.15, 0.2) is 0 Å². The van der Waals surface area contributed by atoms with Gasteiger partial charge in [0, 0.05) is 12.8 Å². The summed E-state index contributed by atoms with van der Waals surface area (Å²) in [7, 11) is 0. The van der Waals surface area contributed by atoms with E-state index in [1.807, 2.05) is 19.9 Å². The summed E-state index contributed by atoms with van der Waals surface area (Å²) in [5.41, 5.74) is 0.0281. The van der Waals surface area contributed by atoms with Crippen molar-refractivity contribution in [3.8, 4) is 0 Å². The Morgan fingerprint density at radius 1 is 1.40 bits per heavy atom. The second-order valence-corrected chi connectivity index (χ2v) is 8.31. The van der Waals surface area contributed by atoms with Crippen molar-refractivity contribution in [3.05, 3.63) is 35.6 Å². The first-order valence-electron chi connectivity index (χ1n) is 6.73. The minimum Gasteiger partial charge on any atom is -0.453 e. The molecular weight excluding hydrogens is 372 g/mol. The quantitative estimate of drug-likeness (QED) is 0.489. The van der Waals surface area contributed by atoms with E-state index in [0.717, 1.165) is 18.7 Å². The highest BCUT2D eigenvalue weighted by atomic mass is 127. The highest BCUT2D eigenvalue weighted by Crippen LogP contribution is 2.37. The van der Waals surface area contributed by atoms with Crippen LogP contribution in [-0.2, 0) is 15.1 Å². The maximum atomic E-state index is 13.5. The van der Waals surface area contributed by atoms with E-state index in [4.69, 9.17) is 4.74 Å². The van der Waals surface area contributed by atoms with Crippen molar-refractivity contribution in [2.75, 3.05) is 13.1 Å². The fraction of sp³-hybridized carbons (Fsp3) is 0.533. The molecule has 0 unspecified atom stereocenters. The number of hydrogen-bond acceptors (Lipinski definition) is 3. The molecule has 0 saturated carbocycles. The van der Waals surface area contributed by atoms with E-state index in [-0.39, 0.29) is 11.8 Å². The fourth-order valence-electron chi connectivity index (χ4n) is 2.35. The zero-order chi connectivity index (χ0) is 14.8. The van der Waals surface area contributed by atoms with Gasteiger partial charge in [-0.1, -0.05) is 34.7 Å². The number of ether oxygens (including phenoxy) is 1. The molecule has 1 fully saturated rings. The molecule has 1 saturated heterocycles. The van der Waals surface area contributed by atoms with Crippen LogP contribution in [0.15, 0.2) is 24.3 Å². The topological polar surface area (TPSA) is 38.3 Å². The molecule has 0 aromatic heterocycles. The third kappa shape index (κ3) is 3.49. The molecule has 1 N–H and O–H groups in total. The fourth-order valence-corrected chi connectivity index (χ4v) is 2.46. The molecule has 1 aromatic carbocycles. The van der Waals surface area contributed by atoms with Crippen LogP contribution in [0.2, 0.25) is 0 Å². The number of halogens is 2. The first-order chi connectivity index (χ1) is 9.33. The SMILES string of the molecule is CC(C)(I)C(=O)OC1(c2cccc(F)c2)CCNCC1. The molecule has 1 aliphatic heterocycles. The van der Waals surface area contributed by atoms with Crippen LogP contribution >= 0.6 is 22.6 Å². The Morgan fingerprint density at radius 3 is 2.60 bits per heavy atom. The van der Waals surface area contributed by atoms with Gasteiger partial charge in [0.2, 0.25) is 0 Å². The molecule has 3 nitrogen and oxygen atoms in total. The minimum absolute atomic E-state index is 0.260. The predicted molar refractivity (Wildman–Crippen MR) is 84.4 cm³/mol. The molecule has 1 aromatic rings. The number of benzene rings is 1. The van der Waals surface area contributed by atoms with Crippen molar-refractivity contribution < 1.29 is 13.9 Å². The summed E-state index contributed by atoms with van der Waals surface area (Å²) in [5.74, 6) is -0.561. The molecule has 110 valence electrons. The monoisotopic (exact) mass is 391 g/mol. The standard InChI is InChI=1S/C15H19FINO2/c1-14(2,17)13(19)20-15(6-8-18-9-7-15)11-4-3-5-12(16)10-11/h3-5,10,18H,6-9H2,1-2H3. The summed E-state index contributed by atoms with van der Waals surface area (Å²) in [5, 5.41) is 3.25. The molecule has 0 bridgehead atoms. The molecular formula is C15H19FINO2. The number of piperidine rings is 1. The van der Waals surface area contributed by atoms with E-state index in [1.165, 1.54) is 12.1 Å². The maximum Gasteiger partial charge on any atom is 0.322 e. The summed E-state index contributed by atoms with van der Waals surface area (Å²) in [6.45, 7) is 5.14. The molecule has 0 radical (unpaired) electrons. The van der Waals surface area contributed by atoms with Gasteiger partial charge in [-0.3, -0.25) is 4.79 Å². The highest BCUT2D eigenvalue weighted by Gasteiger charge is 2.41. The van der Waals surface area contributed by atoms with Gasteiger partial charge in [0.25, 0.3) is 0 Å². The van der Waals surface area contributed by atoms with E-state index < -0.39 is 9.02 Å². The lowest BCUT2D eigenvalue weighted by atomic mass is 9.84. The van der Waals surface area contributed by atoms with Crippen LogP contribution in [-0.4, -0.2) is 22.5 Å². The molecule has 5 heteroatoms. The van der Waals surface area contributed by atoms with Crippen molar-refractivity contribution >= 4 is 28.6 Å². The van der Waals surface area contributed by atoms with Gasteiger partial charge in [0.1, 0.15) is 14.8 Å². The Balaban J connectivity index is 2.33. The van der Waals surface area contributed by atoms with Gasteiger partial charge in [-0.2, -0.15) is 0 Å². The average Bonchev–Trinajstić information content (AvgIpc) is 2.38. The van der Waals surface area contributed by atoms with Crippen LogP contribution in [0.1, 0.15) is 32.3 Å². The van der Waals surface area contributed by atoms with Crippen LogP contribution in [0.3, 0.4) is 0 Å². The lowest BCUT2D eigenvalue weighted by molar-refractivity contribution is -0.165. The number of carbonyl (C=O) groups is 1. The maximum absolute atomic E-state index is 13.5. The average molecular weight is 391 g/mol. The van der Waals surface area contributed by atoms with E-state index in [1.54, 1.807) is 6.07 Å². The van der Waals surface area contributed by atoms with Crippen molar-refractivity contribution in [1.82, 2.24) is 5.32 Å². The third-order valence-corrected chi connectivity index (χ3v) is 3.98. The number of esters is 1. The Labute approximate surface area is 132 Å². The van der Waals surface area contributed by atoms with Crippen LogP contribution in [0.25, 0.3) is 0 Å². The molecule has 20 heavy (non-hydrogen) atoms. The molecule has 1 heterocycles. The largest absolute Gasteiger partial charge is 0.453 e. The van der Waals surface area contributed by atoms with E-state index in [2.05, 4.69) is 27.9 Å². The Kier molecular flexibility index (Phi) is 4.69. The number of rotatable bonds is 3. The second-order valence-electron chi connectivity index (χ2n) is 5.62. The zero-order valence-corrected chi connectivity index (χ0v) is 13.9. The van der Waals surface area contributed by atoms with Crippen LogP contribution in [0.4, 0.5) is 4.39 Å².